The van der Waals surface area contributed by atoms with Gasteiger partial charge in [-0.05, 0) is 24.6 Å². The third-order valence-corrected chi connectivity index (χ3v) is 4.74. The number of rotatable bonds is 3. The van der Waals surface area contributed by atoms with Crippen molar-refractivity contribution < 1.29 is 33.2 Å². The second-order valence-corrected chi connectivity index (χ2v) is 6.43. The van der Waals surface area contributed by atoms with E-state index in [-0.39, 0.29) is 22.6 Å². The molecule has 2 unspecified atom stereocenters. The van der Waals surface area contributed by atoms with Crippen LogP contribution in [-0.2, 0) is 4.79 Å². The molecule has 3 aromatic rings. The van der Waals surface area contributed by atoms with Crippen LogP contribution in [0.25, 0.3) is 11.0 Å². The molecule has 2 atom stereocenters. The lowest BCUT2D eigenvalue weighted by Crippen LogP contribution is -2.52. The Balaban J connectivity index is 1.98. The topological polar surface area (TPSA) is 120 Å². The fourth-order valence-electron chi connectivity index (χ4n) is 3.37. The molecule has 0 radical (unpaired) electrons. The molecule has 2 heterocycles. The lowest BCUT2D eigenvalue weighted by molar-refractivity contribution is -0.385. The van der Waals surface area contributed by atoms with Crippen LogP contribution < -0.4 is 4.74 Å². The molecule has 1 aliphatic rings. The van der Waals surface area contributed by atoms with Gasteiger partial charge in [0.2, 0.25) is 5.78 Å². The standard InChI is InChI=1S/C19H12FNO7/c1-9-8-27-13-6-5-12-15(14(9)13)28-17(19(20,16(12)22)18(23)24)10-3-2-4-11(7-10)21(25)26/h2-8,17H,1H3,(H,23,24). The maximum Gasteiger partial charge on any atom is 0.354 e. The highest BCUT2D eigenvalue weighted by Crippen LogP contribution is 2.47. The summed E-state index contributed by atoms with van der Waals surface area (Å²) in [6, 6.07) is 7.37. The first-order valence-electron chi connectivity index (χ1n) is 8.14. The van der Waals surface area contributed by atoms with Crippen LogP contribution in [0.5, 0.6) is 5.75 Å². The lowest BCUT2D eigenvalue weighted by atomic mass is 9.82. The van der Waals surface area contributed by atoms with Crippen LogP contribution in [-0.4, -0.2) is 27.5 Å². The van der Waals surface area contributed by atoms with Gasteiger partial charge in [0.05, 0.1) is 22.1 Å². The number of aryl methyl sites for hydroxylation is 1. The number of carbonyl (C=O) groups excluding carboxylic acids is 1. The first kappa shape index (κ1) is 17.7. The smallest absolute Gasteiger partial charge is 0.354 e. The number of alkyl halides is 1. The Morgan fingerprint density at radius 2 is 2.07 bits per heavy atom. The van der Waals surface area contributed by atoms with E-state index in [1.165, 1.54) is 36.6 Å². The van der Waals surface area contributed by atoms with Gasteiger partial charge in [-0.15, -0.1) is 0 Å². The summed E-state index contributed by atoms with van der Waals surface area (Å²) in [7, 11) is 0. The molecule has 28 heavy (non-hydrogen) atoms. The Kier molecular flexibility index (Phi) is 3.71. The van der Waals surface area contributed by atoms with Crippen molar-refractivity contribution >= 4 is 28.4 Å². The molecule has 8 nitrogen and oxygen atoms in total. The van der Waals surface area contributed by atoms with Gasteiger partial charge < -0.3 is 14.3 Å². The summed E-state index contributed by atoms with van der Waals surface area (Å²) in [5, 5.41) is 21.0. The predicted molar refractivity (Wildman–Crippen MR) is 93.2 cm³/mol. The van der Waals surface area contributed by atoms with E-state index in [0.29, 0.717) is 16.5 Å². The van der Waals surface area contributed by atoms with Crippen LogP contribution in [0.4, 0.5) is 10.1 Å². The number of non-ortho nitro benzene ring substituents is 1. The summed E-state index contributed by atoms with van der Waals surface area (Å²) in [5.74, 6) is -3.34. The summed E-state index contributed by atoms with van der Waals surface area (Å²) in [6.45, 7) is 1.69. The molecule has 0 saturated heterocycles. The van der Waals surface area contributed by atoms with E-state index < -0.39 is 28.4 Å². The van der Waals surface area contributed by atoms with Crippen molar-refractivity contribution in [2.75, 3.05) is 0 Å². The van der Waals surface area contributed by atoms with E-state index in [0.717, 1.165) is 6.07 Å². The number of hydrogen-bond acceptors (Lipinski definition) is 6. The molecule has 4 rings (SSSR count). The van der Waals surface area contributed by atoms with Gasteiger partial charge in [0.25, 0.3) is 5.69 Å². The molecular formula is C19H12FNO7. The summed E-state index contributed by atoms with van der Waals surface area (Å²) in [4.78, 5) is 35.0. The summed E-state index contributed by atoms with van der Waals surface area (Å²) in [5.41, 5.74) is -3.22. The zero-order valence-electron chi connectivity index (χ0n) is 14.3. The number of aliphatic carboxylic acids is 1. The molecule has 0 amide bonds. The summed E-state index contributed by atoms with van der Waals surface area (Å²) < 4.78 is 26.7. The van der Waals surface area contributed by atoms with Crippen LogP contribution in [0, 0.1) is 17.0 Å². The Morgan fingerprint density at radius 1 is 1.32 bits per heavy atom. The Hall–Kier alpha value is -3.75. The number of carboxylic acids is 1. The number of nitro benzene ring substituents is 1. The van der Waals surface area contributed by atoms with Gasteiger partial charge in [-0.2, -0.15) is 0 Å². The summed E-state index contributed by atoms with van der Waals surface area (Å²) >= 11 is 0. The number of Topliss-reactive ketones (excluding diaryl/α,β-unsaturated/α-hetero) is 1. The van der Waals surface area contributed by atoms with Gasteiger partial charge in [0.15, 0.2) is 6.10 Å². The van der Waals surface area contributed by atoms with Gasteiger partial charge in [0, 0.05) is 17.7 Å². The van der Waals surface area contributed by atoms with Crippen molar-refractivity contribution in [1.29, 1.82) is 0 Å². The molecule has 0 bridgehead atoms. The number of carbonyl (C=O) groups is 2. The van der Waals surface area contributed by atoms with E-state index in [2.05, 4.69) is 0 Å². The van der Waals surface area contributed by atoms with E-state index in [4.69, 9.17) is 9.15 Å². The van der Waals surface area contributed by atoms with Crippen LogP contribution in [0.1, 0.15) is 27.6 Å². The highest BCUT2D eigenvalue weighted by molar-refractivity contribution is 6.19. The highest BCUT2D eigenvalue weighted by Gasteiger charge is 2.60. The molecule has 9 heteroatoms. The molecule has 142 valence electrons. The van der Waals surface area contributed by atoms with E-state index in [1.54, 1.807) is 6.92 Å². The van der Waals surface area contributed by atoms with Crippen LogP contribution >= 0.6 is 0 Å². The van der Waals surface area contributed by atoms with Gasteiger partial charge in [-0.1, -0.05) is 12.1 Å². The van der Waals surface area contributed by atoms with E-state index in [9.17, 15) is 24.8 Å². The molecule has 0 aliphatic carbocycles. The quantitative estimate of drug-likeness (QED) is 0.414. The molecule has 0 spiro atoms. The molecule has 0 saturated carbocycles. The van der Waals surface area contributed by atoms with Gasteiger partial charge in [-0.25, -0.2) is 9.18 Å². The molecular weight excluding hydrogens is 373 g/mol. The Bertz CT molecular complexity index is 1170. The number of halogens is 1. The number of furan rings is 1. The summed E-state index contributed by atoms with van der Waals surface area (Å²) in [6.07, 6.45) is -0.486. The van der Waals surface area contributed by atoms with Crippen molar-refractivity contribution in [1.82, 2.24) is 0 Å². The van der Waals surface area contributed by atoms with Crippen molar-refractivity contribution in [3.8, 4) is 5.75 Å². The average molecular weight is 385 g/mol. The number of nitrogens with zero attached hydrogens (tertiary/aromatic N) is 1. The lowest BCUT2D eigenvalue weighted by Gasteiger charge is -2.35. The Morgan fingerprint density at radius 3 is 2.75 bits per heavy atom. The number of nitro groups is 1. The minimum absolute atomic E-state index is 0.0141. The third-order valence-electron chi connectivity index (χ3n) is 4.74. The largest absolute Gasteiger partial charge is 0.480 e. The van der Waals surface area contributed by atoms with E-state index >= 15 is 4.39 Å². The van der Waals surface area contributed by atoms with Gasteiger partial charge in [-0.3, -0.25) is 14.9 Å². The van der Waals surface area contributed by atoms with Crippen LogP contribution in [0.3, 0.4) is 0 Å². The predicted octanol–water partition coefficient (Wildman–Crippen LogP) is 3.76. The minimum Gasteiger partial charge on any atom is -0.480 e. The first-order chi connectivity index (χ1) is 13.2. The number of hydrogen-bond donors (Lipinski definition) is 1. The third kappa shape index (κ3) is 2.29. The Labute approximate surface area is 156 Å². The zero-order chi connectivity index (χ0) is 20.2. The van der Waals surface area contributed by atoms with Crippen molar-refractivity contribution in [2.45, 2.75) is 18.7 Å². The zero-order valence-corrected chi connectivity index (χ0v) is 14.3. The normalized spacial score (nSPS) is 21.2. The second kappa shape index (κ2) is 5.88. The molecule has 0 fully saturated rings. The maximum absolute atomic E-state index is 15.6. The fraction of sp³-hybridized carbons (Fsp3) is 0.158. The molecule has 2 aromatic carbocycles. The van der Waals surface area contributed by atoms with Crippen molar-refractivity contribution in [3.63, 3.8) is 0 Å². The van der Waals surface area contributed by atoms with Gasteiger partial charge in [0.1, 0.15) is 11.3 Å². The monoisotopic (exact) mass is 385 g/mol. The van der Waals surface area contributed by atoms with Crippen LogP contribution in [0.2, 0.25) is 0 Å². The maximum atomic E-state index is 15.6. The molecule has 1 aromatic heterocycles. The molecule has 1 N–H and O–H groups in total. The van der Waals surface area contributed by atoms with E-state index in [1.807, 2.05) is 0 Å². The number of carboxylic acid groups (broad SMARTS) is 1. The molecule has 1 aliphatic heterocycles. The average Bonchev–Trinajstić information content (AvgIpc) is 3.05. The SMILES string of the molecule is Cc1coc2ccc3c(c12)OC(c1cccc([N+](=O)[O-])c1)C(F)(C(=O)O)C3=O. The number of fused-ring (bicyclic) bond motifs is 3. The van der Waals surface area contributed by atoms with Gasteiger partial charge >= 0.3 is 11.6 Å². The fourth-order valence-corrected chi connectivity index (χ4v) is 3.37. The number of ether oxygens (including phenoxy) is 1. The van der Waals surface area contributed by atoms with Crippen molar-refractivity contribution in [3.05, 3.63) is 69.5 Å². The van der Waals surface area contributed by atoms with Crippen molar-refractivity contribution in [2.24, 2.45) is 0 Å². The second-order valence-electron chi connectivity index (χ2n) is 6.43. The number of ketones is 1. The first-order valence-corrected chi connectivity index (χ1v) is 8.14. The minimum atomic E-state index is -3.45. The van der Waals surface area contributed by atoms with Crippen LogP contribution in [0.15, 0.2) is 47.1 Å². The number of benzene rings is 2. The highest BCUT2D eigenvalue weighted by atomic mass is 19.1.